The SMILES string of the molecule is Cc1cc(F)cc(C(=O)NCC(O)c2ccco2)c1[N+](=O)[O-]. The zero-order valence-electron chi connectivity index (χ0n) is 11.6. The van der Waals surface area contributed by atoms with Gasteiger partial charge >= 0.3 is 0 Å². The number of aliphatic hydroxyl groups excluding tert-OH is 1. The Balaban J connectivity index is 2.17. The van der Waals surface area contributed by atoms with Crippen molar-refractivity contribution in [3.8, 4) is 0 Å². The molecule has 116 valence electrons. The van der Waals surface area contributed by atoms with Crippen LogP contribution < -0.4 is 5.32 Å². The van der Waals surface area contributed by atoms with Gasteiger partial charge in [-0.05, 0) is 31.2 Å². The number of benzene rings is 1. The topological polar surface area (TPSA) is 106 Å². The minimum atomic E-state index is -1.10. The largest absolute Gasteiger partial charge is 0.467 e. The monoisotopic (exact) mass is 308 g/mol. The highest BCUT2D eigenvalue weighted by Crippen LogP contribution is 2.24. The standard InChI is InChI=1S/C14H13FN2O5/c1-8-5-9(15)6-10(13(8)17(20)21)14(19)16-7-11(18)12-3-2-4-22-12/h2-6,11,18H,7H2,1H3,(H,16,19). The van der Waals surface area contributed by atoms with Gasteiger partial charge in [-0.25, -0.2) is 4.39 Å². The van der Waals surface area contributed by atoms with Crippen molar-refractivity contribution in [1.29, 1.82) is 0 Å². The van der Waals surface area contributed by atoms with Crippen molar-refractivity contribution >= 4 is 11.6 Å². The van der Waals surface area contributed by atoms with E-state index in [2.05, 4.69) is 5.32 Å². The van der Waals surface area contributed by atoms with Crippen molar-refractivity contribution in [3.05, 3.63) is 63.3 Å². The molecule has 1 unspecified atom stereocenters. The minimum absolute atomic E-state index is 0.0433. The number of hydrogen-bond donors (Lipinski definition) is 2. The third-order valence-corrected chi connectivity index (χ3v) is 3.02. The van der Waals surface area contributed by atoms with Crippen LogP contribution in [0, 0.1) is 22.9 Å². The number of nitro benzene ring substituents is 1. The van der Waals surface area contributed by atoms with Crippen molar-refractivity contribution in [3.63, 3.8) is 0 Å². The molecule has 0 bridgehead atoms. The number of carbonyl (C=O) groups is 1. The Bertz CT molecular complexity index is 700. The smallest absolute Gasteiger partial charge is 0.285 e. The van der Waals surface area contributed by atoms with Gasteiger partial charge in [0, 0.05) is 5.56 Å². The average molecular weight is 308 g/mol. The molecule has 0 aliphatic heterocycles. The molecule has 0 saturated heterocycles. The lowest BCUT2D eigenvalue weighted by Gasteiger charge is -2.10. The summed E-state index contributed by atoms with van der Waals surface area (Å²) >= 11 is 0. The van der Waals surface area contributed by atoms with Crippen LogP contribution in [0.25, 0.3) is 0 Å². The molecular formula is C14H13FN2O5. The van der Waals surface area contributed by atoms with E-state index in [4.69, 9.17) is 4.42 Å². The summed E-state index contributed by atoms with van der Waals surface area (Å²) in [6, 6.07) is 4.86. The highest BCUT2D eigenvalue weighted by Gasteiger charge is 2.24. The van der Waals surface area contributed by atoms with Crippen LogP contribution in [0.5, 0.6) is 0 Å². The summed E-state index contributed by atoms with van der Waals surface area (Å²) in [6.07, 6.45) is 0.258. The van der Waals surface area contributed by atoms with Gasteiger partial charge < -0.3 is 14.8 Å². The maximum absolute atomic E-state index is 13.4. The summed E-state index contributed by atoms with van der Waals surface area (Å²) in [6.45, 7) is 1.12. The molecule has 1 amide bonds. The van der Waals surface area contributed by atoms with E-state index in [1.54, 1.807) is 6.07 Å². The highest BCUT2D eigenvalue weighted by atomic mass is 19.1. The number of rotatable bonds is 5. The lowest BCUT2D eigenvalue weighted by atomic mass is 10.1. The molecule has 1 aromatic carbocycles. The van der Waals surface area contributed by atoms with Gasteiger partial charge in [-0.15, -0.1) is 0 Å². The maximum atomic E-state index is 13.4. The first-order chi connectivity index (χ1) is 10.4. The summed E-state index contributed by atoms with van der Waals surface area (Å²) in [5.41, 5.74) is -0.817. The molecule has 1 atom stereocenters. The molecule has 0 radical (unpaired) electrons. The molecule has 2 N–H and O–H groups in total. The van der Waals surface area contributed by atoms with E-state index in [-0.39, 0.29) is 17.9 Å². The number of nitro groups is 1. The quantitative estimate of drug-likeness (QED) is 0.650. The second kappa shape index (κ2) is 6.35. The molecule has 0 fully saturated rings. The number of nitrogens with one attached hydrogen (secondary N) is 1. The summed E-state index contributed by atoms with van der Waals surface area (Å²) in [5, 5.41) is 23.1. The first-order valence-electron chi connectivity index (χ1n) is 6.34. The number of furan rings is 1. The number of hydrogen-bond acceptors (Lipinski definition) is 5. The van der Waals surface area contributed by atoms with E-state index in [0.717, 1.165) is 12.1 Å². The predicted molar refractivity (Wildman–Crippen MR) is 73.8 cm³/mol. The van der Waals surface area contributed by atoms with E-state index in [9.17, 15) is 24.4 Å². The van der Waals surface area contributed by atoms with Gasteiger partial charge in [0.15, 0.2) is 0 Å². The number of aryl methyl sites for hydroxylation is 1. The molecule has 8 heteroatoms. The van der Waals surface area contributed by atoms with Crippen LogP contribution in [0.1, 0.15) is 27.8 Å². The number of aliphatic hydroxyl groups is 1. The van der Waals surface area contributed by atoms with Crippen LogP contribution in [0.3, 0.4) is 0 Å². The van der Waals surface area contributed by atoms with Gasteiger partial charge in [0.25, 0.3) is 11.6 Å². The maximum Gasteiger partial charge on any atom is 0.285 e. The molecule has 0 spiro atoms. The third-order valence-electron chi connectivity index (χ3n) is 3.02. The summed E-state index contributed by atoms with van der Waals surface area (Å²) in [5.74, 6) is -1.36. The predicted octanol–water partition coefficient (Wildman–Crippen LogP) is 2.10. The van der Waals surface area contributed by atoms with Gasteiger partial charge in [-0.2, -0.15) is 0 Å². The Kier molecular flexibility index (Phi) is 4.52. The van der Waals surface area contributed by atoms with Crippen LogP contribution in [0.2, 0.25) is 0 Å². The van der Waals surface area contributed by atoms with Gasteiger partial charge in [-0.1, -0.05) is 0 Å². The Morgan fingerprint density at radius 1 is 1.55 bits per heavy atom. The van der Waals surface area contributed by atoms with Crippen molar-refractivity contribution in [2.45, 2.75) is 13.0 Å². The molecular weight excluding hydrogens is 295 g/mol. The van der Waals surface area contributed by atoms with Gasteiger partial charge in [0.2, 0.25) is 0 Å². The normalized spacial score (nSPS) is 12.0. The number of nitrogens with zero attached hydrogens (tertiary/aromatic N) is 1. The molecule has 0 saturated carbocycles. The van der Waals surface area contributed by atoms with Crippen molar-refractivity contribution in [2.24, 2.45) is 0 Å². The lowest BCUT2D eigenvalue weighted by Crippen LogP contribution is -2.29. The number of carbonyl (C=O) groups excluding carboxylic acids is 1. The van der Waals surface area contributed by atoms with Gasteiger partial charge in [-0.3, -0.25) is 14.9 Å². The molecule has 1 aromatic heterocycles. The van der Waals surface area contributed by atoms with E-state index < -0.39 is 34.0 Å². The zero-order chi connectivity index (χ0) is 16.3. The molecule has 1 heterocycles. The summed E-state index contributed by atoms with van der Waals surface area (Å²) < 4.78 is 18.4. The molecule has 0 aliphatic rings. The Morgan fingerprint density at radius 3 is 2.86 bits per heavy atom. The number of amides is 1. The average Bonchev–Trinajstić information content (AvgIpc) is 2.97. The van der Waals surface area contributed by atoms with Crippen molar-refractivity contribution in [1.82, 2.24) is 5.32 Å². The number of halogens is 1. The fraction of sp³-hybridized carbons (Fsp3) is 0.214. The van der Waals surface area contributed by atoms with Crippen LogP contribution in [0.15, 0.2) is 34.9 Å². The second-order valence-corrected chi connectivity index (χ2v) is 4.62. The summed E-state index contributed by atoms with van der Waals surface area (Å²) in [7, 11) is 0. The fourth-order valence-corrected chi connectivity index (χ4v) is 2.02. The zero-order valence-corrected chi connectivity index (χ0v) is 11.6. The fourth-order valence-electron chi connectivity index (χ4n) is 2.02. The molecule has 2 aromatic rings. The van der Waals surface area contributed by atoms with Crippen LogP contribution >= 0.6 is 0 Å². The van der Waals surface area contributed by atoms with E-state index in [0.29, 0.717) is 0 Å². The van der Waals surface area contributed by atoms with Crippen LogP contribution in [0.4, 0.5) is 10.1 Å². The molecule has 0 aliphatic carbocycles. The first-order valence-corrected chi connectivity index (χ1v) is 6.34. The van der Waals surface area contributed by atoms with Gasteiger partial charge in [0.1, 0.15) is 23.2 Å². The van der Waals surface area contributed by atoms with E-state index >= 15 is 0 Å². The van der Waals surface area contributed by atoms with Crippen molar-refractivity contribution < 1.29 is 23.6 Å². The first kappa shape index (κ1) is 15.6. The second-order valence-electron chi connectivity index (χ2n) is 4.62. The third kappa shape index (κ3) is 3.29. The molecule has 2 rings (SSSR count). The van der Waals surface area contributed by atoms with Crippen LogP contribution in [-0.4, -0.2) is 22.5 Å². The van der Waals surface area contributed by atoms with Crippen LogP contribution in [-0.2, 0) is 0 Å². The summed E-state index contributed by atoms with van der Waals surface area (Å²) in [4.78, 5) is 22.3. The minimum Gasteiger partial charge on any atom is -0.467 e. The van der Waals surface area contributed by atoms with Gasteiger partial charge in [0.05, 0.1) is 17.7 Å². The van der Waals surface area contributed by atoms with E-state index in [1.165, 1.54) is 19.3 Å². The van der Waals surface area contributed by atoms with E-state index in [1.807, 2.05) is 0 Å². The Morgan fingerprint density at radius 2 is 2.27 bits per heavy atom. The lowest BCUT2D eigenvalue weighted by molar-refractivity contribution is -0.385. The highest BCUT2D eigenvalue weighted by molar-refractivity contribution is 5.98. The van der Waals surface area contributed by atoms with Crippen molar-refractivity contribution in [2.75, 3.05) is 6.54 Å². The molecule has 22 heavy (non-hydrogen) atoms. The molecule has 7 nitrogen and oxygen atoms in total. The Labute approximate surface area is 124 Å². The Hall–Kier alpha value is -2.74.